The maximum atomic E-state index is 13.7. The largest absolute Gasteiger partial charge is 0.207 e. The molecule has 0 fully saturated rings. The highest BCUT2D eigenvalue weighted by Gasteiger charge is 2.09. The van der Waals surface area contributed by atoms with Crippen molar-refractivity contribution in [3.63, 3.8) is 0 Å². The molecule has 0 nitrogen and oxygen atoms in total. The predicted molar refractivity (Wildman–Crippen MR) is 70.0 cm³/mol. The van der Waals surface area contributed by atoms with E-state index >= 15 is 0 Å². The van der Waals surface area contributed by atoms with Gasteiger partial charge in [-0.15, -0.1) is 0 Å². The summed E-state index contributed by atoms with van der Waals surface area (Å²) in [6.45, 7) is 2.10. The lowest BCUT2D eigenvalue weighted by Gasteiger charge is -2.09. The van der Waals surface area contributed by atoms with Crippen molar-refractivity contribution < 1.29 is 4.39 Å². The highest BCUT2D eigenvalue weighted by Crippen LogP contribution is 2.23. The molecule has 17 heavy (non-hydrogen) atoms. The number of benzene rings is 2. The molecule has 0 aliphatic carbocycles. The number of hydrogen-bond donors (Lipinski definition) is 0. The fraction of sp³-hybridized carbons (Fsp3) is 0.200. The summed E-state index contributed by atoms with van der Waals surface area (Å²) in [6.07, 6.45) is 1.50. The van der Waals surface area contributed by atoms with E-state index in [2.05, 4.69) is 13.0 Å². The summed E-state index contributed by atoms with van der Waals surface area (Å²) >= 11 is 6.03. The lowest BCUT2D eigenvalue weighted by Crippen LogP contribution is -1.97. The van der Waals surface area contributed by atoms with Gasteiger partial charge in [0, 0.05) is 17.0 Å². The molecule has 0 atom stereocenters. The van der Waals surface area contributed by atoms with Crippen LogP contribution in [-0.4, -0.2) is 0 Å². The highest BCUT2D eigenvalue weighted by molar-refractivity contribution is 6.31. The topological polar surface area (TPSA) is 0 Å². The molecular formula is C15H14ClF. The summed E-state index contributed by atoms with van der Waals surface area (Å²) < 4.78 is 13.7. The van der Waals surface area contributed by atoms with Crippen LogP contribution in [0.4, 0.5) is 4.39 Å². The first-order valence-electron chi connectivity index (χ1n) is 5.72. The zero-order valence-electron chi connectivity index (χ0n) is 9.71. The van der Waals surface area contributed by atoms with E-state index in [0.29, 0.717) is 17.0 Å². The predicted octanol–water partition coefficient (Wildman–Crippen LogP) is 4.63. The molecule has 2 aromatic rings. The summed E-state index contributed by atoms with van der Waals surface area (Å²) in [5, 5.41) is 0.496. The van der Waals surface area contributed by atoms with Crippen LogP contribution in [0.2, 0.25) is 5.02 Å². The number of hydrogen-bond acceptors (Lipinski definition) is 0. The number of aryl methyl sites for hydroxylation is 1. The standard InChI is InChI=1S/C15H14ClF/c1-2-11-6-3-4-7-12(11)10-13-14(16)8-5-9-15(13)17/h3-9H,2,10H2,1H3/i17-1. The van der Waals surface area contributed by atoms with Crippen LogP contribution in [0.15, 0.2) is 42.5 Å². The second-order valence-electron chi connectivity index (χ2n) is 4.00. The number of halogens is 2. The Labute approximate surface area is 106 Å². The first-order chi connectivity index (χ1) is 8.22. The van der Waals surface area contributed by atoms with Gasteiger partial charge in [0.25, 0.3) is 0 Å². The summed E-state index contributed by atoms with van der Waals surface area (Å²) in [7, 11) is 0. The van der Waals surface area contributed by atoms with Crippen LogP contribution in [0.25, 0.3) is 0 Å². The zero-order chi connectivity index (χ0) is 12.3. The first-order valence-corrected chi connectivity index (χ1v) is 6.10. The SMILES string of the molecule is CCc1ccccc1Cc1c([18F])cccc1Cl. The zero-order valence-corrected chi connectivity index (χ0v) is 10.5. The van der Waals surface area contributed by atoms with Crippen molar-refractivity contribution in [3.8, 4) is 0 Å². The molecule has 0 aromatic heterocycles. The quantitative estimate of drug-likeness (QED) is 0.742. The normalized spacial score (nSPS) is 10.5. The van der Waals surface area contributed by atoms with E-state index < -0.39 is 0 Å². The lowest BCUT2D eigenvalue weighted by molar-refractivity contribution is 0.614. The number of rotatable bonds is 3. The Morgan fingerprint density at radius 1 is 1.00 bits per heavy atom. The van der Waals surface area contributed by atoms with Gasteiger partial charge in [-0.3, -0.25) is 0 Å². The van der Waals surface area contributed by atoms with E-state index in [1.807, 2.05) is 18.2 Å². The Morgan fingerprint density at radius 3 is 2.35 bits per heavy atom. The van der Waals surface area contributed by atoms with Crippen LogP contribution in [-0.2, 0) is 12.8 Å². The molecule has 0 aliphatic rings. The molecule has 2 rings (SSSR count). The monoisotopic (exact) mass is 247 g/mol. The Kier molecular flexibility index (Phi) is 3.80. The molecule has 2 heteroatoms. The Bertz CT molecular complexity index is 500. The smallest absolute Gasteiger partial charge is 0.128 e. The molecule has 0 saturated carbocycles. The van der Waals surface area contributed by atoms with Gasteiger partial charge in [-0.05, 0) is 29.7 Å². The van der Waals surface area contributed by atoms with Crippen molar-refractivity contribution >= 4 is 11.6 Å². The van der Waals surface area contributed by atoms with Crippen LogP contribution in [0, 0.1) is 5.82 Å². The average Bonchev–Trinajstić information content (AvgIpc) is 2.34. The second-order valence-corrected chi connectivity index (χ2v) is 4.41. The fourth-order valence-electron chi connectivity index (χ4n) is 1.97. The minimum atomic E-state index is -0.233. The van der Waals surface area contributed by atoms with E-state index in [1.165, 1.54) is 11.6 Å². The van der Waals surface area contributed by atoms with Gasteiger partial charge in [-0.25, -0.2) is 4.39 Å². The third-order valence-corrected chi connectivity index (χ3v) is 3.28. The lowest BCUT2D eigenvalue weighted by atomic mass is 9.98. The summed E-state index contributed by atoms with van der Waals surface area (Å²) in [5.41, 5.74) is 2.96. The third kappa shape index (κ3) is 2.67. The van der Waals surface area contributed by atoms with Crippen LogP contribution in [0.1, 0.15) is 23.6 Å². The molecular weight excluding hydrogens is 234 g/mol. The molecule has 2 aromatic carbocycles. The van der Waals surface area contributed by atoms with Gasteiger partial charge in [-0.1, -0.05) is 48.9 Å². The second kappa shape index (κ2) is 5.33. The van der Waals surface area contributed by atoms with Crippen LogP contribution < -0.4 is 0 Å². The minimum Gasteiger partial charge on any atom is -0.207 e. The van der Waals surface area contributed by atoms with Crippen molar-refractivity contribution in [2.45, 2.75) is 19.8 Å². The van der Waals surface area contributed by atoms with Gasteiger partial charge in [-0.2, -0.15) is 0 Å². The molecule has 0 radical (unpaired) electrons. The third-order valence-electron chi connectivity index (χ3n) is 2.93. The molecule has 0 aliphatic heterocycles. The Morgan fingerprint density at radius 2 is 1.71 bits per heavy atom. The van der Waals surface area contributed by atoms with E-state index in [9.17, 15) is 4.39 Å². The van der Waals surface area contributed by atoms with Crippen molar-refractivity contribution in [3.05, 3.63) is 70.0 Å². The van der Waals surface area contributed by atoms with E-state index in [1.54, 1.807) is 12.1 Å². The van der Waals surface area contributed by atoms with Crippen molar-refractivity contribution in [1.82, 2.24) is 0 Å². The van der Waals surface area contributed by atoms with Crippen LogP contribution in [0.5, 0.6) is 0 Å². The van der Waals surface area contributed by atoms with Gasteiger partial charge in [0.1, 0.15) is 5.82 Å². The summed E-state index contributed by atoms with van der Waals surface area (Å²) in [6, 6.07) is 12.9. The van der Waals surface area contributed by atoms with E-state index in [4.69, 9.17) is 11.6 Å². The molecule has 0 bridgehead atoms. The van der Waals surface area contributed by atoms with Gasteiger partial charge in [0.2, 0.25) is 0 Å². The van der Waals surface area contributed by atoms with E-state index in [-0.39, 0.29) is 5.82 Å². The maximum absolute atomic E-state index is 13.7. The minimum absolute atomic E-state index is 0.233. The van der Waals surface area contributed by atoms with Gasteiger partial charge in [0.15, 0.2) is 0 Å². The molecule has 0 spiro atoms. The van der Waals surface area contributed by atoms with E-state index in [0.717, 1.165) is 12.0 Å². The molecule has 0 unspecified atom stereocenters. The molecule has 0 saturated heterocycles. The maximum Gasteiger partial charge on any atom is 0.128 e. The van der Waals surface area contributed by atoms with Gasteiger partial charge >= 0.3 is 0 Å². The summed E-state index contributed by atoms with van der Waals surface area (Å²) in [5.74, 6) is -0.233. The van der Waals surface area contributed by atoms with Crippen LogP contribution >= 0.6 is 11.6 Å². The average molecular weight is 248 g/mol. The Balaban J connectivity index is 2.38. The fourth-order valence-corrected chi connectivity index (χ4v) is 2.20. The molecule has 0 heterocycles. The van der Waals surface area contributed by atoms with Gasteiger partial charge in [0.05, 0.1) is 0 Å². The molecule has 0 amide bonds. The van der Waals surface area contributed by atoms with Gasteiger partial charge < -0.3 is 0 Å². The highest BCUT2D eigenvalue weighted by atomic mass is 35.5. The van der Waals surface area contributed by atoms with Crippen molar-refractivity contribution in [2.75, 3.05) is 0 Å². The summed E-state index contributed by atoms with van der Waals surface area (Å²) in [4.78, 5) is 0. The first kappa shape index (κ1) is 12.1. The van der Waals surface area contributed by atoms with Crippen LogP contribution in [0.3, 0.4) is 0 Å². The van der Waals surface area contributed by atoms with Crippen molar-refractivity contribution in [1.29, 1.82) is 0 Å². The molecule has 88 valence electrons. The Hall–Kier alpha value is -1.34. The molecule has 0 N–H and O–H groups in total. The van der Waals surface area contributed by atoms with Crippen molar-refractivity contribution in [2.24, 2.45) is 0 Å².